The fourth-order valence-electron chi connectivity index (χ4n) is 2.59. The summed E-state index contributed by atoms with van der Waals surface area (Å²) in [5.41, 5.74) is 7.76. The second-order valence-electron chi connectivity index (χ2n) is 6.22. The van der Waals surface area contributed by atoms with Gasteiger partial charge >= 0.3 is 0 Å². The van der Waals surface area contributed by atoms with Crippen molar-refractivity contribution in [2.24, 2.45) is 5.73 Å². The monoisotopic (exact) mass is 412 g/mol. The van der Waals surface area contributed by atoms with Gasteiger partial charge in [0.2, 0.25) is 0 Å². The summed E-state index contributed by atoms with van der Waals surface area (Å²) in [7, 11) is 0. The van der Waals surface area contributed by atoms with E-state index in [0.717, 1.165) is 27.9 Å². The number of aromatic nitrogens is 2. The first kappa shape index (κ1) is 20.7. The second kappa shape index (κ2) is 8.86. The van der Waals surface area contributed by atoms with Crippen LogP contribution in [0.3, 0.4) is 0 Å². The summed E-state index contributed by atoms with van der Waals surface area (Å²) in [6, 6.07) is 9.72. The standard InChI is InChI=1S/C18H21ClN4OS.ClH/c1-11(20)7-8-21-17(24)16-9-15-12(2)22-23(18(15)25-16)10-13-3-5-14(19)6-4-13;/h3-6,9,11H,7-8,10,20H2,1-2H3,(H,21,24);1H. The maximum absolute atomic E-state index is 12.3. The van der Waals surface area contributed by atoms with Crippen LogP contribution in [0.5, 0.6) is 0 Å². The molecule has 0 aliphatic carbocycles. The van der Waals surface area contributed by atoms with E-state index in [-0.39, 0.29) is 24.4 Å². The van der Waals surface area contributed by atoms with Crippen molar-refractivity contribution in [1.82, 2.24) is 15.1 Å². The third-order valence-electron chi connectivity index (χ3n) is 3.96. The molecule has 140 valence electrons. The van der Waals surface area contributed by atoms with Crippen molar-refractivity contribution >= 4 is 51.5 Å². The van der Waals surface area contributed by atoms with Crippen LogP contribution >= 0.6 is 35.3 Å². The molecule has 0 fully saturated rings. The Morgan fingerprint density at radius 2 is 2.08 bits per heavy atom. The van der Waals surface area contributed by atoms with Gasteiger partial charge in [-0.15, -0.1) is 23.7 Å². The molecular weight excluding hydrogens is 391 g/mol. The number of aryl methyl sites for hydroxylation is 1. The maximum atomic E-state index is 12.3. The molecule has 3 rings (SSSR count). The minimum absolute atomic E-state index is 0. The molecule has 1 unspecified atom stereocenters. The Bertz CT molecular complexity index is 887. The molecule has 0 radical (unpaired) electrons. The molecular formula is C18H22Cl2N4OS. The third kappa shape index (κ3) is 4.76. The highest BCUT2D eigenvalue weighted by molar-refractivity contribution is 7.20. The molecule has 0 saturated heterocycles. The van der Waals surface area contributed by atoms with Gasteiger partial charge in [-0.2, -0.15) is 5.10 Å². The molecule has 2 aromatic heterocycles. The number of rotatable bonds is 6. The predicted octanol–water partition coefficient (Wildman–Crippen LogP) is 4.00. The minimum atomic E-state index is -0.0562. The molecule has 1 amide bonds. The molecule has 26 heavy (non-hydrogen) atoms. The van der Waals surface area contributed by atoms with Crippen molar-refractivity contribution in [3.63, 3.8) is 0 Å². The molecule has 2 heterocycles. The fraction of sp³-hybridized carbons (Fsp3) is 0.333. The summed E-state index contributed by atoms with van der Waals surface area (Å²) in [6.07, 6.45) is 0.764. The van der Waals surface area contributed by atoms with Crippen LogP contribution in [0.25, 0.3) is 10.2 Å². The molecule has 3 aromatic rings. The van der Waals surface area contributed by atoms with Crippen LogP contribution in [0.15, 0.2) is 30.3 Å². The number of carbonyl (C=O) groups is 1. The maximum Gasteiger partial charge on any atom is 0.261 e. The summed E-state index contributed by atoms with van der Waals surface area (Å²) < 4.78 is 1.94. The van der Waals surface area contributed by atoms with Gasteiger partial charge in [0.1, 0.15) is 4.83 Å². The van der Waals surface area contributed by atoms with Gasteiger partial charge in [0, 0.05) is 23.0 Å². The summed E-state index contributed by atoms with van der Waals surface area (Å²) in [4.78, 5) is 14.0. The smallest absolute Gasteiger partial charge is 0.261 e. The minimum Gasteiger partial charge on any atom is -0.351 e. The van der Waals surface area contributed by atoms with E-state index in [4.69, 9.17) is 17.3 Å². The zero-order valence-corrected chi connectivity index (χ0v) is 17.0. The zero-order chi connectivity index (χ0) is 18.0. The van der Waals surface area contributed by atoms with E-state index in [2.05, 4.69) is 10.4 Å². The summed E-state index contributed by atoms with van der Waals surface area (Å²) in [5, 5.41) is 9.26. The number of thiophene rings is 1. The largest absolute Gasteiger partial charge is 0.351 e. The molecule has 8 heteroatoms. The quantitative estimate of drug-likeness (QED) is 0.642. The van der Waals surface area contributed by atoms with Gasteiger partial charge in [-0.1, -0.05) is 23.7 Å². The molecule has 0 aliphatic rings. The van der Waals surface area contributed by atoms with E-state index < -0.39 is 0 Å². The molecule has 0 aliphatic heterocycles. The Kier molecular flexibility index (Phi) is 7.06. The van der Waals surface area contributed by atoms with Crippen molar-refractivity contribution in [3.05, 3.63) is 51.5 Å². The third-order valence-corrected chi connectivity index (χ3v) is 5.36. The number of hydrogen-bond acceptors (Lipinski definition) is 4. The summed E-state index contributed by atoms with van der Waals surface area (Å²) in [5.74, 6) is -0.0562. The van der Waals surface area contributed by atoms with Gasteiger partial charge in [0.25, 0.3) is 5.91 Å². The van der Waals surface area contributed by atoms with Gasteiger partial charge in [0.05, 0.1) is 17.1 Å². The topological polar surface area (TPSA) is 72.9 Å². The van der Waals surface area contributed by atoms with E-state index >= 15 is 0 Å². The molecule has 3 N–H and O–H groups in total. The number of fused-ring (bicyclic) bond motifs is 1. The Morgan fingerprint density at radius 3 is 2.73 bits per heavy atom. The second-order valence-corrected chi connectivity index (χ2v) is 7.69. The zero-order valence-electron chi connectivity index (χ0n) is 14.7. The Hall–Kier alpha value is -1.60. The molecule has 1 atom stereocenters. The molecule has 5 nitrogen and oxygen atoms in total. The van der Waals surface area contributed by atoms with Crippen LogP contribution in [0, 0.1) is 6.92 Å². The van der Waals surface area contributed by atoms with Crippen LogP contribution in [-0.2, 0) is 6.54 Å². The number of hydrogen-bond donors (Lipinski definition) is 2. The van der Waals surface area contributed by atoms with E-state index in [9.17, 15) is 4.79 Å². The predicted molar refractivity (Wildman–Crippen MR) is 111 cm³/mol. The first-order chi connectivity index (χ1) is 11.9. The van der Waals surface area contributed by atoms with Crippen LogP contribution in [0.4, 0.5) is 0 Å². The van der Waals surface area contributed by atoms with Gasteiger partial charge < -0.3 is 11.1 Å². The van der Waals surface area contributed by atoms with Gasteiger partial charge in [-0.3, -0.25) is 9.48 Å². The van der Waals surface area contributed by atoms with Crippen molar-refractivity contribution < 1.29 is 4.79 Å². The van der Waals surface area contributed by atoms with Gasteiger partial charge in [-0.05, 0) is 44.0 Å². The van der Waals surface area contributed by atoms with Crippen molar-refractivity contribution in [3.8, 4) is 0 Å². The fourth-order valence-corrected chi connectivity index (χ4v) is 3.80. The van der Waals surface area contributed by atoms with E-state index in [1.165, 1.54) is 11.3 Å². The lowest BCUT2D eigenvalue weighted by atomic mass is 10.2. The SMILES string of the molecule is Cc1nn(Cc2ccc(Cl)cc2)c2sc(C(=O)NCCC(C)N)cc12.Cl. The normalized spacial score (nSPS) is 12.0. The van der Waals surface area contributed by atoms with Crippen molar-refractivity contribution in [2.75, 3.05) is 6.54 Å². The van der Waals surface area contributed by atoms with Crippen LogP contribution in [0.1, 0.15) is 34.3 Å². The van der Waals surface area contributed by atoms with E-state index in [1.54, 1.807) is 0 Å². The van der Waals surface area contributed by atoms with Crippen LogP contribution in [0.2, 0.25) is 5.02 Å². The number of amides is 1. The number of nitrogens with zero attached hydrogens (tertiary/aromatic N) is 2. The lowest BCUT2D eigenvalue weighted by molar-refractivity contribution is 0.0957. The number of halogens is 2. The highest BCUT2D eigenvalue weighted by Gasteiger charge is 2.16. The Morgan fingerprint density at radius 1 is 1.38 bits per heavy atom. The summed E-state index contributed by atoms with van der Waals surface area (Å²) in [6.45, 7) is 5.12. The highest BCUT2D eigenvalue weighted by atomic mass is 35.5. The number of benzene rings is 1. The molecule has 0 bridgehead atoms. The highest BCUT2D eigenvalue weighted by Crippen LogP contribution is 2.29. The van der Waals surface area contributed by atoms with E-state index in [0.29, 0.717) is 23.0 Å². The van der Waals surface area contributed by atoms with Crippen LogP contribution in [-0.4, -0.2) is 28.3 Å². The van der Waals surface area contributed by atoms with E-state index in [1.807, 2.05) is 48.9 Å². The first-order valence-electron chi connectivity index (χ1n) is 8.19. The number of carbonyl (C=O) groups excluding carboxylic acids is 1. The van der Waals surface area contributed by atoms with Gasteiger partial charge in [-0.25, -0.2) is 0 Å². The number of nitrogens with one attached hydrogen (secondary N) is 1. The average Bonchev–Trinajstić information content (AvgIpc) is 3.11. The Labute approximate surface area is 167 Å². The summed E-state index contributed by atoms with van der Waals surface area (Å²) >= 11 is 7.41. The number of nitrogens with two attached hydrogens (primary N) is 1. The van der Waals surface area contributed by atoms with Crippen molar-refractivity contribution in [2.45, 2.75) is 32.9 Å². The Balaban J connectivity index is 0.00000243. The molecule has 1 aromatic carbocycles. The molecule has 0 saturated carbocycles. The first-order valence-corrected chi connectivity index (χ1v) is 9.38. The molecule has 0 spiro atoms. The van der Waals surface area contributed by atoms with Crippen LogP contribution < -0.4 is 11.1 Å². The lowest BCUT2D eigenvalue weighted by Crippen LogP contribution is -2.28. The van der Waals surface area contributed by atoms with Gasteiger partial charge in [0.15, 0.2) is 0 Å². The average molecular weight is 413 g/mol. The van der Waals surface area contributed by atoms with Crippen molar-refractivity contribution in [1.29, 1.82) is 0 Å². The lowest BCUT2D eigenvalue weighted by Gasteiger charge is -2.06.